The van der Waals surface area contributed by atoms with Crippen molar-refractivity contribution in [2.75, 3.05) is 13.2 Å². The van der Waals surface area contributed by atoms with E-state index in [0.29, 0.717) is 47.2 Å². The van der Waals surface area contributed by atoms with Crippen molar-refractivity contribution in [1.82, 2.24) is 20.2 Å². The SMILES string of the molecule is C=C(NC(C)c1nc2cc(Cl)ccc2[nH]1)c1cc(Cl)c(C(=O)N2CCC[C@H]2C(=O)OCC)cc1/N=C\N. The van der Waals surface area contributed by atoms with Gasteiger partial charge in [0.15, 0.2) is 0 Å². The van der Waals surface area contributed by atoms with Crippen LogP contribution in [0.15, 0.2) is 41.9 Å². The van der Waals surface area contributed by atoms with Gasteiger partial charge in [-0.05, 0) is 57.0 Å². The van der Waals surface area contributed by atoms with E-state index in [-0.39, 0.29) is 29.1 Å². The molecule has 2 aromatic carbocycles. The highest BCUT2D eigenvalue weighted by Gasteiger charge is 2.36. The molecule has 1 amide bonds. The van der Waals surface area contributed by atoms with Crippen molar-refractivity contribution in [2.24, 2.45) is 10.7 Å². The third kappa shape index (κ3) is 5.57. The number of imidazole rings is 1. The van der Waals surface area contributed by atoms with Gasteiger partial charge in [0.2, 0.25) is 0 Å². The highest BCUT2D eigenvalue weighted by molar-refractivity contribution is 6.34. The van der Waals surface area contributed by atoms with E-state index in [1.165, 1.54) is 4.90 Å². The van der Waals surface area contributed by atoms with Gasteiger partial charge < -0.3 is 25.7 Å². The van der Waals surface area contributed by atoms with E-state index in [1.54, 1.807) is 31.2 Å². The summed E-state index contributed by atoms with van der Waals surface area (Å²) in [5.74, 6) is -0.0894. The molecule has 1 unspecified atom stereocenters. The Kier molecular flexibility index (Phi) is 8.04. The lowest BCUT2D eigenvalue weighted by Gasteiger charge is -2.24. The molecule has 2 atom stereocenters. The van der Waals surface area contributed by atoms with Crippen LogP contribution < -0.4 is 11.1 Å². The number of aromatic nitrogens is 2. The standard InChI is InChI=1S/C26H28Cl2N6O3/c1-4-37-26(36)23-6-5-9-34(23)25(35)18-12-21(30-13-29)17(11-19(18)28)14(2)31-15(3)24-32-20-8-7-16(27)10-22(20)33-24/h7-8,10-13,15,23,31H,2,4-6,9H2,1,3H3,(H2,29,30)(H,32,33)/t15?,23-/m0/s1. The summed E-state index contributed by atoms with van der Waals surface area (Å²) in [6.07, 6.45) is 2.38. The first kappa shape index (κ1) is 26.5. The molecule has 1 saturated heterocycles. The van der Waals surface area contributed by atoms with Crippen molar-refractivity contribution in [1.29, 1.82) is 0 Å². The van der Waals surface area contributed by atoms with Gasteiger partial charge in [0.25, 0.3) is 5.91 Å². The van der Waals surface area contributed by atoms with Crippen LogP contribution >= 0.6 is 23.2 Å². The van der Waals surface area contributed by atoms with E-state index in [0.717, 1.165) is 17.4 Å². The lowest BCUT2D eigenvalue weighted by molar-refractivity contribution is -0.147. The molecule has 0 spiro atoms. The molecular weight excluding hydrogens is 515 g/mol. The number of esters is 1. The molecule has 0 bridgehead atoms. The fourth-order valence-corrected chi connectivity index (χ4v) is 4.82. The van der Waals surface area contributed by atoms with Gasteiger partial charge in [-0.15, -0.1) is 0 Å². The van der Waals surface area contributed by atoms with E-state index >= 15 is 0 Å². The maximum atomic E-state index is 13.4. The number of aliphatic imine (C=N–C) groups is 1. The van der Waals surface area contributed by atoms with Gasteiger partial charge in [-0.3, -0.25) is 4.79 Å². The molecule has 0 aliphatic carbocycles. The first-order valence-corrected chi connectivity index (χ1v) is 12.7. The molecule has 1 aliphatic rings. The molecule has 2 heterocycles. The summed E-state index contributed by atoms with van der Waals surface area (Å²) in [5, 5.41) is 4.11. The third-order valence-electron chi connectivity index (χ3n) is 6.19. The number of hydrogen-bond acceptors (Lipinski definition) is 6. The highest BCUT2D eigenvalue weighted by atomic mass is 35.5. The van der Waals surface area contributed by atoms with Gasteiger partial charge in [-0.2, -0.15) is 0 Å². The number of nitrogens with two attached hydrogens (primary N) is 1. The quantitative estimate of drug-likeness (QED) is 0.209. The number of H-pyrrole nitrogens is 1. The fraction of sp³-hybridized carbons (Fsp3) is 0.308. The molecule has 9 nitrogen and oxygen atoms in total. The van der Waals surface area contributed by atoms with Crippen LogP contribution in [-0.2, 0) is 9.53 Å². The Morgan fingerprint density at radius 2 is 2.14 bits per heavy atom. The van der Waals surface area contributed by atoms with Crippen molar-refractivity contribution in [3.63, 3.8) is 0 Å². The van der Waals surface area contributed by atoms with Gasteiger partial charge in [-0.1, -0.05) is 29.8 Å². The van der Waals surface area contributed by atoms with E-state index in [9.17, 15) is 9.59 Å². The van der Waals surface area contributed by atoms with Crippen molar-refractivity contribution in [3.8, 4) is 0 Å². The zero-order valence-electron chi connectivity index (χ0n) is 20.6. The van der Waals surface area contributed by atoms with Crippen molar-refractivity contribution < 1.29 is 14.3 Å². The predicted molar refractivity (Wildman–Crippen MR) is 146 cm³/mol. The van der Waals surface area contributed by atoms with E-state index in [2.05, 4.69) is 26.9 Å². The summed E-state index contributed by atoms with van der Waals surface area (Å²) in [5.41, 5.74) is 8.92. The molecule has 1 fully saturated rings. The second-order valence-corrected chi connectivity index (χ2v) is 9.51. The minimum Gasteiger partial charge on any atom is -0.464 e. The Morgan fingerprint density at radius 3 is 2.86 bits per heavy atom. The number of rotatable bonds is 8. The number of carbonyl (C=O) groups excluding carboxylic acids is 2. The monoisotopic (exact) mass is 542 g/mol. The van der Waals surface area contributed by atoms with E-state index < -0.39 is 12.0 Å². The number of likely N-dealkylation sites (tertiary alicyclic amines) is 1. The maximum Gasteiger partial charge on any atom is 0.328 e. The summed E-state index contributed by atoms with van der Waals surface area (Å²) in [6.45, 7) is 8.49. The Morgan fingerprint density at radius 1 is 1.35 bits per heavy atom. The molecule has 3 aromatic rings. The van der Waals surface area contributed by atoms with Gasteiger partial charge in [0.1, 0.15) is 11.9 Å². The summed E-state index contributed by atoms with van der Waals surface area (Å²) in [4.78, 5) is 39.4. The number of halogens is 2. The van der Waals surface area contributed by atoms with E-state index in [4.69, 9.17) is 33.7 Å². The van der Waals surface area contributed by atoms with Crippen LogP contribution in [0.1, 0.15) is 54.5 Å². The van der Waals surface area contributed by atoms with Gasteiger partial charge in [-0.25, -0.2) is 14.8 Å². The summed E-state index contributed by atoms with van der Waals surface area (Å²) < 4.78 is 5.14. The van der Waals surface area contributed by atoms with Crippen LogP contribution in [0.2, 0.25) is 10.0 Å². The van der Waals surface area contributed by atoms with Crippen molar-refractivity contribution >= 4 is 63.8 Å². The van der Waals surface area contributed by atoms with Gasteiger partial charge in [0, 0.05) is 22.8 Å². The highest BCUT2D eigenvalue weighted by Crippen LogP contribution is 2.34. The van der Waals surface area contributed by atoms with Crippen LogP contribution in [0.4, 0.5) is 5.69 Å². The van der Waals surface area contributed by atoms with Crippen LogP contribution in [0.25, 0.3) is 16.7 Å². The van der Waals surface area contributed by atoms with Crippen LogP contribution in [0, 0.1) is 0 Å². The molecular formula is C26H28Cl2N6O3. The minimum absolute atomic E-state index is 0.208. The predicted octanol–water partition coefficient (Wildman–Crippen LogP) is 4.98. The molecule has 4 N–H and O–H groups in total. The number of fused-ring (bicyclic) bond motifs is 1. The number of ether oxygens (including phenoxy) is 1. The Labute approximate surface area is 224 Å². The zero-order chi connectivity index (χ0) is 26.7. The number of nitrogens with zero attached hydrogens (tertiary/aromatic N) is 3. The number of amides is 1. The molecule has 1 aromatic heterocycles. The summed E-state index contributed by atoms with van der Waals surface area (Å²) in [7, 11) is 0. The van der Waals surface area contributed by atoms with Gasteiger partial charge >= 0.3 is 5.97 Å². The number of carbonyl (C=O) groups is 2. The normalized spacial score (nSPS) is 16.3. The number of nitrogens with one attached hydrogen (secondary N) is 2. The molecule has 11 heteroatoms. The van der Waals surface area contributed by atoms with Crippen LogP contribution in [0.3, 0.4) is 0 Å². The second-order valence-electron chi connectivity index (χ2n) is 8.66. The first-order chi connectivity index (χ1) is 17.7. The zero-order valence-corrected chi connectivity index (χ0v) is 22.1. The molecule has 37 heavy (non-hydrogen) atoms. The fourth-order valence-electron chi connectivity index (χ4n) is 4.41. The number of aromatic amines is 1. The smallest absolute Gasteiger partial charge is 0.328 e. The molecule has 0 radical (unpaired) electrons. The molecule has 4 rings (SSSR count). The van der Waals surface area contributed by atoms with Gasteiger partial charge in [0.05, 0.1) is 46.3 Å². The Bertz CT molecular complexity index is 1390. The Hall–Kier alpha value is -3.56. The van der Waals surface area contributed by atoms with Crippen molar-refractivity contribution in [3.05, 3.63) is 63.9 Å². The molecule has 0 saturated carbocycles. The lowest BCUT2D eigenvalue weighted by atomic mass is 10.0. The second kappa shape index (κ2) is 11.2. The average molecular weight is 543 g/mol. The topological polar surface area (TPSA) is 126 Å². The molecule has 194 valence electrons. The average Bonchev–Trinajstić information content (AvgIpc) is 3.52. The van der Waals surface area contributed by atoms with Crippen molar-refractivity contribution in [2.45, 2.75) is 38.8 Å². The third-order valence-corrected chi connectivity index (χ3v) is 6.74. The largest absolute Gasteiger partial charge is 0.464 e. The lowest BCUT2D eigenvalue weighted by Crippen LogP contribution is -2.41. The van der Waals surface area contributed by atoms with Crippen LogP contribution in [-0.4, -0.2) is 52.3 Å². The van der Waals surface area contributed by atoms with E-state index in [1.807, 2.05) is 13.0 Å². The maximum absolute atomic E-state index is 13.4. The Balaban J connectivity index is 1.59. The summed E-state index contributed by atoms with van der Waals surface area (Å²) in [6, 6.07) is 7.74. The number of hydrogen-bond donors (Lipinski definition) is 3. The number of benzene rings is 2. The van der Waals surface area contributed by atoms with Crippen LogP contribution in [0.5, 0.6) is 0 Å². The minimum atomic E-state index is -0.638. The first-order valence-electron chi connectivity index (χ1n) is 11.9. The molecule has 1 aliphatic heterocycles. The summed E-state index contributed by atoms with van der Waals surface area (Å²) >= 11 is 12.7.